The second-order valence-corrected chi connectivity index (χ2v) is 12.6. The molecule has 0 spiro atoms. The van der Waals surface area contributed by atoms with Crippen molar-refractivity contribution in [3.63, 3.8) is 0 Å². The van der Waals surface area contributed by atoms with Gasteiger partial charge in [0.05, 0.1) is 9.79 Å². The summed E-state index contributed by atoms with van der Waals surface area (Å²) in [6.45, 7) is 1.27. The largest absolute Gasteiger partial charge is 1.00 e. The third-order valence-corrected chi connectivity index (χ3v) is 8.60. The summed E-state index contributed by atoms with van der Waals surface area (Å²) in [5.74, 6) is 0. The molecule has 0 fully saturated rings. The predicted molar refractivity (Wildman–Crippen MR) is 93.3 cm³/mol. The van der Waals surface area contributed by atoms with Crippen LogP contribution in [-0.2, 0) is 35.1 Å². The van der Waals surface area contributed by atoms with Gasteiger partial charge in [-0.05, 0) is 42.3 Å². The van der Waals surface area contributed by atoms with Gasteiger partial charge < -0.3 is 13.7 Å². The summed E-state index contributed by atoms with van der Waals surface area (Å²) in [6.07, 6.45) is 0. The maximum atomic E-state index is 11.5. The van der Waals surface area contributed by atoms with Crippen LogP contribution in [0.15, 0.2) is 58.3 Å². The summed E-state index contributed by atoms with van der Waals surface area (Å²) >= 11 is 0. The van der Waals surface area contributed by atoms with E-state index in [0.29, 0.717) is 0 Å². The molecule has 1 atom stereocenters. The Kier molecular flexibility index (Phi) is 13.9. The van der Waals surface area contributed by atoms with Gasteiger partial charge in [0.15, 0.2) is 0 Å². The summed E-state index contributed by atoms with van der Waals surface area (Å²) in [5.41, 5.74) is -0.0322. The molecule has 0 bridgehead atoms. The number of hydrogen-bond acceptors (Lipinski definition) is 9. The van der Waals surface area contributed by atoms with Crippen molar-refractivity contribution < 1.29 is 128 Å². The van der Waals surface area contributed by atoms with Gasteiger partial charge in [0.25, 0.3) is 0 Å². The van der Waals surface area contributed by atoms with Crippen LogP contribution in [0.25, 0.3) is 0 Å². The third kappa shape index (κ3) is 9.09. The molecule has 0 saturated heterocycles. The SMILES string of the molecule is CC(PS(=O)(=O)[O-])(c1cccc(S(=O)(=O)[O-])c1)c1cccc(S(=O)(=O)[O-])c1.[Na+].[Na+].[Na+]. The van der Waals surface area contributed by atoms with Crippen molar-refractivity contribution in [2.24, 2.45) is 0 Å². The smallest absolute Gasteiger partial charge is 0.745 e. The van der Waals surface area contributed by atoms with Crippen molar-refractivity contribution in [2.45, 2.75) is 21.9 Å². The Morgan fingerprint density at radius 1 is 0.700 bits per heavy atom. The van der Waals surface area contributed by atoms with E-state index in [1.807, 2.05) is 0 Å². The Balaban J connectivity index is 0. The van der Waals surface area contributed by atoms with E-state index in [2.05, 4.69) is 0 Å². The maximum absolute atomic E-state index is 11.5. The number of rotatable bonds is 6. The van der Waals surface area contributed by atoms with Gasteiger partial charge in [-0.15, -0.1) is 0 Å². The van der Waals surface area contributed by atoms with Gasteiger partial charge >= 0.3 is 88.7 Å². The quantitative estimate of drug-likeness (QED) is 0.204. The molecule has 2 aromatic rings. The minimum Gasteiger partial charge on any atom is -0.745 e. The van der Waals surface area contributed by atoms with Crippen LogP contribution < -0.4 is 88.7 Å². The summed E-state index contributed by atoms with van der Waals surface area (Å²) in [4.78, 5) is -1.29. The molecule has 0 N–H and O–H groups in total. The van der Waals surface area contributed by atoms with Gasteiger partial charge in [-0.1, -0.05) is 24.3 Å². The monoisotopic (exact) mass is 520 g/mol. The first kappa shape index (κ1) is 33.8. The molecule has 16 heteroatoms. The molecule has 2 rings (SSSR count). The summed E-state index contributed by atoms with van der Waals surface area (Å²) < 4.78 is 102. The van der Waals surface area contributed by atoms with Gasteiger partial charge in [0.2, 0.25) is 0 Å². The summed E-state index contributed by atoms with van der Waals surface area (Å²) in [7, 11) is -16.0. The topological polar surface area (TPSA) is 172 Å². The van der Waals surface area contributed by atoms with Crippen molar-refractivity contribution in [1.29, 1.82) is 0 Å². The van der Waals surface area contributed by atoms with Crippen LogP contribution in [0.2, 0.25) is 0 Å². The van der Waals surface area contributed by atoms with Gasteiger partial charge in [-0.25, -0.2) is 25.3 Å². The molecule has 9 nitrogen and oxygen atoms in total. The maximum Gasteiger partial charge on any atom is 1.00 e. The second-order valence-electron chi connectivity index (χ2n) is 5.65. The molecular weight excluding hydrogens is 508 g/mol. The summed E-state index contributed by atoms with van der Waals surface area (Å²) in [5, 5.41) is -1.69. The van der Waals surface area contributed by atoms with Gasteiger partial charge in [-0.2, -0.15) is 0 Å². The zero-order valence-corrected chi connectivity index (χ0v) is 26.0. The molecule has 0 amide bonds. The van der Waals surface area contributed by atoms with Crippen LogP contribution in [0.4, 0.5) is 0 Å². The average molecular weight is 520 g/mol. The van der Waals surface area contributed by atoms with Crippen molar-refractivity contribution in [2.75, 3.05) is 0 Å². The fourth-order valence-electron chi connectivity index (χ4n) is 2.46. The van der Waals surface area contributed by atoms with Crippen LogP contribution in [0.5, 0.6) is 0 Å². The van der Waals surface area contributed by atoms with Crippen molar-refractivity contribution in [3.8, 4) is 0 Å². The van der Waals surface area contributed by atoms with Crippen LogP contribution >= 0.6 is 7.78 Å². The molecule has 0 aromatic heterocycles. The van der Waals surface area contributed by atoms with Gasteiger partial charge in [-0.3, -0.25) is 0 Å². The fraction of sp³-hybridized carbons (Fsp3) is 0.143. The first-order valence-electron chi connectivity index (χ1n) is 7.01. The summed E-state index contributed by atoms with van der Waals surface area (Å²) in [6, 6.07) is 8.80. The van der Waals surface area contributed by atoms with E-state index in [0.717, 1.165) is 24.3 Å². The average Bonchev–Trinajstić information content (AvgIpc) is 2.52. The molecule has 1 unspecified atom stereocenters. The fourth-order valence-corrected chi connectivity index (χ4v) is 6.75. The molecule has 0 aliphatic carbocycles. The zero-order valence-electron chi connectivity index (χ0n) is 16.5. The molecule has 0 heterocycles. The minimum atomic E-state index is -4.86. The van der Waals surface area contributed by atoms with E-state index in [9.17, 15) is 38.9 Å². The van der Waals surface area contributed by atoms with Crippen molar-refractivity contribution >= 4 is 37.8 Å². The normalized spacial score (nSPS) is 12.5. The van der Waals surface area contributed by atoms with Gasteiger partial charge in [0.1, 0.15) is 30.0 Å². The van der Waals surface area contributed by atoms with Crippen molar-refractivity contribution in [3.05, 3.63) is 59.7 Å². The van der Waals surface area contributed by atoms with Crippen LogP contribution in [0.3, 0.4) is 0 Å². The first-order chi connectivity index (χ1) is 12.1. The van der Waals surface area contributed by atoms with E-state index < -0.39 is 52.7 Å². The molecule has 2 aromatic carbocycles. The predicted octanol–water partition coefficient (Wildman–Crippen LogP) is -8.09. The van der Waals surface area contributed by atoms with Crippen LogP contribution in [0.1, 0.15) is 18.1 Å². The third-order valence-electron chi connectivity index (χ3n) is 3.73. The van der Waals surface area contributed by atoms with E-state index in [-0.39, 0.29) is 99.8 Å². The molecule has 0 aliphatic heterocycles. The van der Waals surface area contributed by atoms with Crippen molar-refractivity contribution in [1.82, 2.24) is 0 Å². The van der Waals surface area contributed by atoms with E-state index >= 15 is 0 Å². The van der Waals surface area contributed by atoms with Gasteiger partial charge in [0, 0.05) is 12.9 Å². The molecule has 0 saturated carbocycles. The van der Waals surface area contributed by atoms with Crippen LogP contribution in [-0.4, -0.2) is 38.9 Å². The Bertz CT molecular complexity index is 1120. The minimum absolute atomic E-state index is 0. The van der Waals surface area contributed by atoms with E-state index in [1.54, 1.807) is 0 Å². The molecular formula is C14H12Na3O9PS3. The zero-order chi connectivity index (χ0) is 20.7. The molecule has 0 radical (unpaired) electrons. The molecule has 0 aliphatic rings. The standard InChI is InChI=1S/C14H15O9PS3.3Na/c1-14(24-27(21,22)23,10-4-2-6-12(8-10)25(15,16)17)11-5-3-7-13(9-11)26(18,19)20;;;/h2-9,24H,1H3,(H,15,16,17)(H,18,19,20)(H,21,22,23);;;/q;3*+1/p-3. The second kappa shape index (κ2) is 12.3. The van der Waals surface area contributed by atoms with E-state index in [1.165, 1.54) is 31.2 Å². The van der Waals surface area contributed by atoms with E-state index in [4.69, 9.17) is 0 Å². The Hall–Kier alpha value is 1.60. The number of hydrogen-bond donors (Lipinski definition) is 0. The Morgan fingerprint density at radius 3 is 1.30 bits per heavy atom. The first-order valence-corrected chi connectivity index (χ1v) is 13.0. The Morgan fingerprint density at radius 2 is 1.03 bits per heavy atom. The Labute approximate surface area is 243 Å². The van der Waals surface area contributed by atoms with Crippen LogP contribution in [0, 0.1) is 0 Å². The molecule has 148 valence electrons. The number of benzene rings is 2. The molecule has 30 heavy (non-hydrogen) atoms.